The number of rotatable bonds is 8. The quantitative estimate of drug-likeness (QED) is 0.147. The summed E-state index contributed by atoms with van der Waals surface area (Å²) in [5.74, 6) is 0. The minimum absolute atomic E-state index is 0.608. The highest BCUT2D eigenvalue weighted by molar-refractivity contribution is 6.19. The van der Waals surface area contributed by atoms with Crippen molar-refractivity contribution >= 4 is 27.8 Å². The molecule has 0 saturated heterocycles. The first-order valence-electron chi connectivity index (χ1n) is 22.9. The highest BCUT2D eigenvalue weighted by atomic mass is 15.1. The fourth-order valence-electron chi connectivity index (χ4n) is 11.2. The van der Waals surface area contributed by atoms with Crippen LogP contribution in [-0.4, -0.2) is 0 Å². The summed E-state index contributed by atoms with van der Waals surface area (Å²) in [6, 6.07) is 96.6. The topological polar surface area (TPSA) is 3.24 Å². The number of benzene rings is 11. The molecule has 2 aliphatic rings. The number of anilines is 3. The molecule has 0 atom stereocenters. The lowest BCUT2D eigenvalue weighted by atomic mass is 9.67. The number of nitrogens with zero attached hydrogens (tertiary/aromatic N) is 1. The van der Waals surface area contributed by atoms with E-state index in [2.05, 4.69) is 266 Å². The summed E-state index contributed by atoms with van der Waals surface area (Å²) < 4.78 is 0. The first kappa shape index (κ1) is 38.0. The zero-order chi connectivity index (χ0) is 43.6. The molecule has 13 rings (SSSR count). The summed E-state index contributed by atoms with van der Waals surface area (Å²) in [4.78, 5) is 2.54. The Labute approximate surface area is 386 Å². The van der Waals surface area contributed by atoms with E-state index in [0.29, 0.717) is 0 Å². The molecule has 0 bridgehead atoms. The molecular formula is C65H43N. The Morgan fingerprint density at radius 1 is 0.258 bits per heavy atom. The lowest BCUT2D eigenvalue weighted by molar-refractivity contribution is 0.768. The van der Waals surface area contributed by atoms with Crippen LogP contribution in [0.2, 0.25) is 0 Å². The lowest BCUT2D eigenvalue weighted by Crippen LogP contribution is -2.28. The van der Waals surface area contributed by atoms with Crippen molar-refractivity contribution < 1.29 is 0 Å². The van der Waals surface area contributed by atoms with Gasteiger partial charge in [-0.25, -0.2) is 0 Å². The number of hydrogen-bond acceptors (Lipinski definition) is 1. The summed E-state index contributed by atoms with van der Waals surface area (Å²) in [6.07, 6.45) is 0. The molecule has 0 fully saturated rings. The van der Waals surface area contributed by atoms with Crippen molar-refractivity contribution in [2.24, 2.45) is 0 Å². The average Bonchev–Trinajstić information content (AvgIpc) is 3.89. The molecule has 11 aromatic carbocycles. The second-order valence-corrected chi connectivity index (χ2v) is 17.5. The van der Waals surface area contributed by atoms with Gasteiger partial charge in [0.25, 0.3) is 0 Å². The third-order valence-electron chi connectivity index (χ3n) is 14.1. The van der Waals surface area contributed by atoms with Crippen molar-refractivity contribution in [3.05, 3.63) is 283 Å². The maximum Gasteiger partial charge on any atom is 0.0714 e. The van der Waals surface area contributed by atoms with E-state index in [0.717, 1.165) is 22.6 Å². The molecule has 0 N–H and O–H groups in total. The molecular weight excluding hydrogens is 795 g/mol. The van der Waals surface area contributed by atoms with Crippen LogP contribution in [0, 0.1) is 0 Å². The Balaban J connectivity index is 1.12. The molecule has 0 unspecified atom stereocenters. The van der Waals surface area contributed by atoms with Gasteiger partial charge in [0.2, 0.25) is 0 Å². The monoisotopic (exact) mass is 837 g/mol. The third-order valence-corrected chi connectivity index (χ3v) is 14.1. The average molecular weight is 838 g/mol. The second kappa shape index (κ2) is 15.3. The van der Waals surface area contributed by atoms with Crippen LogP contribution in [0.1, 0.15) is 22.3 Å². The fourth-order valence-corrected chi connectivity index (χ4v) is 11.2. The second-order valence-electron chi connectivity index (χ2n) is 17.5. The minimum atomic E-state index is -0.608. The Bertz CT molecular complexity index is 3550. The maximum absolute atomic E-state index is 2.54. The SMILES string of the molecule is c1ccc(-c2ccc(N(c3ccc4c(c3)C(c3ccccc3)(c3ccccc3)c3cc(-c5ccccc5)ccc3-4)c3ccc4c5c(cccc35)-c3ccccc3-4)c(-c3ccccc3)c2)cc1. The van der Waals surface area contributed by atoms with Crippen LogP contribution in [0.25, 0.3) is 77.5 Å². The molecule has 2 aliphatic carbocycles. The zero-order valence-corrected chi connectivity index (χ0v) is 36.3. The summed E-state index contributed by atoms with van der Waals surface area (Å²) in [6.45, 7) is 0. The number of fused-ring (bicyclic) bond motifs is 6. The standard InChI is InChI=1S/C65H43N/c1-6-19-44(20-7-1)47-34-39-63(59(41-47)46-23-10-3-11-24-46)66(62-40-38-57-53-30-17-16-29-52(53)56-31-18-32-58(62)64(56)57)51-35-37-55-54-36-33-48(45-21-8-2-9-22-45)42-60(54)65(61(55)43-51,49-25-12-4-13-26-49)50-27-14-5-15-28-50/h1-43H. The normalized spacial score (nSPS) is 12.7. The molecule has 66 heavy (non-hydrogen) atoms. The Kier molecular flexibility index (Phi) is 8.82. The van der Waals surface area contributed by atoms with Crippen LogP contribution in [0.3, 0.4) is 0 Å². The minimum Gasteiger partial charge on any atom is -0.309 e. The van der Waals surface area contributed by atoms with Crippen molar-refractivity contribution in [2.75, 3.05) is 4.90 Å². The van der Waals surface area contributed by atoms with E-state index in [1.54, 1.807) is 0 Å². The van der Waals surface area contributed by atoms with Gasteiger partial charge in [-0.15, -0.1) is 0 Å². The van der Waals surface area contributed by atoms with Gasteiger partial charge in [-0.3, -0.25) is 0 Å². The van der Waals surface area contributed by atoms with Crippen molar-refractivity contribution in [3.63, 3.8) is 0 Å². The summed E-state index contributed by atoms with van der Waals surface area (Å²) in [5, 5.41) is 2.52. The zero-order valence-electron chi connectivity index (χ0n) is 36.3. The van der Waals surface area contributed by atoms with Gasteiger partial charge in [-0.2, -0.15) is 0 Å². The number of hydrogen-bond donors (Lipinski definition) is 0. The highest BCUT2D eigenvalue weighted by Crippen LogP contribution is 2.59. The summed E-state index contributed by atoms with van der Waals surface area (Å²) >= 11 is 0. The molecule has 0 aromatic heterocycles. The van der Waals surface area contributed by atoms with Crippen molar-refractivity contribution in [2.45, 2.75) is 5.41 Å². The van der Waals surface area contributed by atoms with Gasteiger partial charge in [-0.1, -0.05) is 224 Å². The van der Waals surface area contributed by atoms with E-state index in [1.165, 1.54) is 94.2 Å². The molecule has 0 radical (unpaired) electrons. The van der Waals surface area contributed by atoms with E-state index in [9.17, 15) is 0 Å². The molecule has 0 heterocycles. The first-order chi connectivity index (χ1) is 32.8. The van der Waals surface area contributed by atoms with E-state index in [-0.39, 0.29) is 0 Å². The van der Waals surface area contributed by atoms with E-state index in [4.69, 9.17) is 0 Å². The van der Waals surface area contributed by atoms with E-state index >= 15 is 0 Å². The van der Waals surface area contributed by atoms with Gasteiger partial charge >= 0.3 is 0 Å². The predicted octanol–water partition coefficient (Wildman–Crippen LogP) is 17.3. The van der Waals surface area contributed by atoms with Crippen molar-refractivity contribution in [3.8, 4) is 66.8 Å². The van der Waals surface area contributed by atoms with Crippen molar-refractivity contribution in [1.82, 2.24) is 0 Å². The molecule has 11 aromatic rings. The Morgan fingerprint density at radius 3 is 1.33 bits per heavy atom. The van der Waals surface area contributed by atoms with E-state index < -0.39 is 5.41 Å². The van der Waals surface area contributed by atoms with Gasteiger partial charge in [0.1, 0.15) is 0 Å². The molecule has 1 heteroatoms. The van der Waals surface area contributed by atoms with Crippen LogP contribution in [0.4, 0.5) is 17.1 Å². The van der Waals surface area contributed by atoms with Gasteiger partial charge in [0.15, 0.2) is 0 Å². The highest BCUT2D eigenvalue weighted by Gasteiger charge is 2.47. The summed E-state index contributed by atoms with van der Waals surface area (Å²) in [7, 11) is 0. The molecule has 0 saturated carbocycles. The largest absolute Gasteiger partial charge is 0.309 e. The first-order valence-corrected chi connectivity index (χ1v) is 22.9. The molecule has 0 spiro atoms. The third kappa shape index (κ3) is 5.80. The summed E-state index contributed by atoms with van der Waals surface area (Å²) in [5.41, 5.74) is 22.6. The molecule has 0 amide bonds. The van der Waals surface area contributed by atoms with Gasteiger partial charge in [0.05, 0.1) is 16.8 Å². The Morgan fingerprint density at radius 2 is 0.712 bits per heavy atom. The van der Waals surface area contributed by atoms with Gasteiger partial charge in [-0.05, 0) is 125 Å². The lowest BCUT2D eigenvalue weighted by Gasteiger charge is -2.35. The van der Waals surface area contributed by atoms with Crippen LogP contribution < -0.4 is 4.90 Å². The molecule has 0 aliphatic heterocycles. The predicted molar refractivity (Wildman–Crippen MR) is 277 cm³/mol. The van der Waals surface area contributed by atoms with Gasteiger partial charge < -0.3 is 4.90 Å². The van der Waals surface area contributed by atoms with Crippen LogP contribution in [0.15, 0.2) is 261 Å². The molecule has 308 valence electrons. The van der Waals surface area contributed by atoms with Crippen LogP contribution in [0.5, 0.6) is 0 Å². The smallest absolute Gasteiger partial charge is 0.0714 e. The van der Waals surface area contributed by atoms with E-state index in [1.807, 2.05) is 0 Å². The Hall–Kier alpha value is -8.52. The maximum atomic E-state index is 2.54. The van der Waals surface area contributed by atoms with Crippen LogP contribution >= 0.6 is 0 Å². The molecule has 1 nitrogen and oxygen atoms in total. The fraction of sp³-hybridized carbons (Fsp3) is 0.0154. The van der Waals surface area contributed by atoms with Crippen molar-refractivity contribution in [1.29, 1.82) is 0 Å². The van der Waals surface area contributed by atoms with Crippen LogP contribution in [-0.2, 0) is 5.41 Å². The van der Waals surface area contributed by atoms with Gasteiger partial charge in [0, 0.05) is 16.6 Å².